The highest BCUT2D eigenvalue weighted by molar-refractivity contribution is 5.76. The lowest BCUT2D eigenvalue weighted by Gasteiger charge is -2.26. The molecule has 1 aromatic rings. The van der Waals surface area contributed by atoms with E-state index in [0.29, 0.717) is 19.6 Å². The van der Waals surface area contributed by atoms with Crippen LogP contribution >= 0.6 is 0 Å². The fourth-order valence-corrected chi connectivity index (χ4v) is 2.64. The molecule has 1 heterocycles. The minimum absolute atomic E-state index is 0.0713. The molecular formula is C17H27N3O2. The summed E-state index contributed by atoms with van der Waals surface area (Å²) in [5.41, 5.74) is 2.46. The van der Waals surface area contributed by atoms with Gasteiger partial charge in [-0.15, -0.1) is 0 Å². The van der Waals surface area contributed by atoms with Crippen molar-refractivity contribution < 1.29 is 9.53 Å². The topological polar surface area (TPSA) is 53.6 Å². The zero-order valence-electron chi connectivity index (χ0n) is 13.8. The molecular weight excluding hydrogens is 278 g/mol. The summed E-state index contributed by atoms with van der Waals surface area (Å²) in [5.74, 6) is 0.0713. The van der Waals surface area contributed by atoms with E-state index in [2.05, 4.69) is 46.7 Å². The van der Waals surface area contributed by atoms with Crippen LogP contribution in [0.5, 0.6) is 0 Å². The Morgan fingerprint density at radius 1 is 1.41 bits per heavy atom. The lowest BCUT2D eigenvalue weighted by molar-refractivity contribution is -0.122. The molecule has 1 aromatic carbocycles. The van der Waals surface area contributed by atoms with Crippen molar-refractivity contribution in [2.75, 3.05) is 40.4 Å². The second-order valence-electron chi connectivity index (χ2n) is 6.12. The number of benzene rings is 1. The number of amides is 1. The third-order valence-corrected chi connectivity index (χ3v) is 4.01. The first-order valence-corrected chi connectivity index (χ1v) is 7.87. The molecule has 0 aromatic heterocycles. The average molecular weight is 305 g/mol. The zero-order valence-corrected chi connectivity index (χ0v) is 13.8. The summed E-state index contributed by atoms with van der Waals surface area (Å²) < 4.78 is 5.38. The number of hydrogen-bond donors (Lipinski definition) is 2. The van der Waals surface area contributed by atoms with E-state index >= 15 is 0 Å². The third-order valence-electron chi connectivity index (χ3n) is 4.01. The van der Waals surface area contributed by atoms with Crippen LogP contribution in [0.2, 0.25) is 0 Å². The van der Waals surface area contributed by atoms with Crippen LogP contribution in [0.15, 0.2) is 24.3 Å². The van der Waals surface area contributed by atoms with Gasteiger partial charge in [-0.1, -0.05) is 29.8 Å². The number of nitrogens with zero attached hydrogens (tertiary/aromatic N) is 1. The van der Waals surface area contributed by atoms with Gasteiger partial charge in [0.25, 0.3) is 0 Å². The van der Waals surface area contributed by atoms with Gasteiger partial charge >= 0.3 is 0 Å². The molecule has 5 nitrogen and oxygen atoms in total. The van der Waals surface area contributed by atoms with Crippen molar-refractivity contribution in [3.63, 3.8) is 0 Å². The fraction of sp³-hybridized carbons (Fsp3) is 0.588. The summed E-state index contributed by atoms with van der Waals surface area (Å²) in [4.78, 5) is 14.2. The van der Waals surface area contributed by atoms with Gasteiger partial charge in [0, 0.05) is 25.6 Å². The summed E-state index contributed by atoms with van der Waals surface area (Å²) in [5, 5.41) is 6.35. The lowest BCUT2D eigenvalue weighted by Crippen LogP contribution is -2.45. The van der Waals surface area contributed by atoms with Gasteiger partial charge in [-0.25, -0.2) is 0 Å². The summed E-state index contributed by atoms with van der Waals surface area (Å²) in [6.07, 6.45) is 0.466. The molecule has 2 N–H and O–H groups in total. The molecule has 1 aliphatic rings. The molecule has 2 atom stereocenters. The number of nitrogens with one attached hydrogen (secondary N) is 2. The van der Waals surface area contributed by atoms with Gasteiger partial charge in [0.1, 0.15) is 0 Å². The molecule has 2 unspecified atom stereocenters. The lowest BCUT2D eigenvalue weighted by atomic mass is 10.0. The molecule has 0 spiro atoms. The third kappa shape index (κ3) is 5.09. The van der Waals surface area contributed by atoms with E-state index < -0.39 is 0 Å². The van der Waals surface area contributed by atoms with Crippen LogP contribution in [0.25, 0.3) is 0 Å². The maximum absolute atomic E-state index is 12.1. The van der Waals surface area contributed by atoms with Gasteiger partial charge in [0.2, 0.25) is 5.91 Å². The summed E-state index contributed by atoms with van der Waals surface area (Å²) in [6.45, 7) is 4.86. The Bertz CT molecular complexity index is 467. The Kier molecular flexibility index (Phi) is 6.36. The number of carbonyl (C=O) groups is 1. The van der Waals surface area contributed by atoms with Crippen molar-refractivity contribution in [1.29, 1.82) is 0 Å². The van der Waals surface area contributed by atoms with Gasteiger partial charge < -0.3 is 20.3 Å². The Labute approximate surface area is 133 Å². The highest BCUT2D eigenvalue weighted by Crippen LogP contribution is 2.18. The van der Waals surface area contributed by atoms with Crippen molar-refractivity contribution in [3.8, 4) is 0 Å². The van der Waals surface area contributed by atoms with Crippen molar-refractivity contribution >= 4 is 5.91 Å². The van der Waals surface area contributed by atoms with E-state index in [9.17, 15) is 4.79 Å². The standard InChI is InChI=1S/C17H27N3O2/c1-13-4-6-14(7-5-13)16(20(2)3)11-19-17(21)10-15-12-22-9-8-18-15/h4-7,15-16,18H,8-12H2,1-3H3,(H,19,21). The summed E-state index contributed by atoms with van der Waals surface area (Å²) in [7, 11) is 4.07. The fourth-order valence-electron chi connectivity index (χ4n) is 2.64. The molecule has 0 saturated carbocycles. The normalized spacial score (nSPS) is 19.9. The Morgan fingerprint density at radius 2 is 2.14 bits per heavy atom. The first kappa shape index (κ1) is 16.9. The Balaban J connectivity index is 1.85. The van der Waals surface area contributed by atoms with Crippen molar-refractivity contribution in [2.24, 2.45) is 0 Å². The molecule has 0 radical (unpaired) electrons. The molecule has 2 rings (SSSR count). The molecule has 22 heavy (non-hydrogen) atoms. The van der Waals surface area contributed by atoms with Crippen LogP contribution in [-0.4, -0.2) is 57.2 Å². The number of rotatable bonds is 6. The first-order valence-electron chi connectivity index (χ1n) is 7.87. The highest BCUT2D eigenvalue weighted by Gasteiger charge is 2.19. The van der Waals surface area contributed by atoms with Crippen molar-refractivity contribution in [1.82, 2.24) is 15.5 Å². The maximum atomic E-state index is 12.1. The van der Waals surface area contributed by atoms with Crippen LogP contribution in [0.3, 0.4) is 0 Å². The molecule has 1 amide bonds. The highest BCUT2D eigenvalue weighted by atomic mass is 16.5. The number of aryl methyl sites for hydroxylation is 1. The average Bonchev–Trinajstić information content (AvgIpc) is 2.50. The van der Waals surface area contributed by atoms with Gasteiger partial charge in [-0.2, -0.15) is 0 Å². The number of likely N-dealkylation sites (N-methyl/N-ethyl adjacent to an activating group) is 1. The van der Waals surface area contributed by atoms with E-state index in [1.807, 2.05) is 14.1 Å². The predicted octanol–water partition coefficient (Wildman–Crippen LogP) is 1.09. The van der Waals surface area contributed by atoms with E-state index in [1.54, 1.807) is 0 Å². The van der Waals surface area contributed by atoms with E-state index in [0.717, 1.165) is 13.2 Å². The minimum Gasteiger partial charge on any atom is -0.378 e. The SMILES string of the molecule is Cc1ccc(C(CNC(=O)CC2COCCN2)N(C)C)cc1. The van der Waals surface area contributed by atoms with Crippen LogP contribution < -0.4 is 10.6 Å². The minimum atomic E-state index is 0.0713. The maximum Gasteiger partial charge on any atom is 0.221 e. The second kappa shape index (κ2) is 8.27. The smallest absolute Gasteiger partial charge is 0.221 e. The van der Waals surface area contributed by atoms with E-state index in [1.165, 1.54) is 11.1 Å². The largest absolute Gasteiger partial charge is 0.378 e. The van der Waals surface area contributed by atoms with Crippen LogP contribution in [-0.2, 0) is 9.53 Å². The Morgan fingerprint density at radius 3 is 2.73 bits per heavy atom. The molecule has 5 heteroatoms. The molecule has 1 saturated heterocycles. The molecule has 1 fully saturated rings. The number of carbonyl (C=O) groups excluding carboxylic acids is 1. The number of morpholine rings is 1. The van der Waals surface area contributed by atoms with Gasteiger partial charge in [0.15, 0.2) is 0 Å². The van der Waals surface area contributed by atoms with Crippen LogP contribution in [0.1, 0.15) is 23.6 Å². The van der Waals surface area contributed by atoms with Gasteiger partial charge in [-0.05, 0) is 26.6 Å². The van der Waals surface area contributed by atoms with Crippen molar-refractivity contribution in [2.45, 2.75) is 25.4 Å². The van der Waals surface area contributed by atoms with Gasteiger partial charge in [0.05, 0.1) is 19.3 Å². The number of ether oxygens (including phenoxy) is 1. The molecule has 122 valence electrons. The summed E-state index contributed by atoms with van der Waals surface area (Å²) in [6, 6.07) is 8.78. The first-order chi connectivity index (χ1) is 10.6. The van der Waals surface area contributed by atoms with Crippen LogP contribution in [0, 0.1) is 6.92 Å². The molecule has 1 aliphatic heterocycles. The number of hydrogen-bond acceptors (Lipinski definition) is 4. The molecule has 0 bridgehead atoms. The van der Waals surface area contributed by atoms with Gasteiger partial charge in [-0.3, -0.25) is 4.79 Å². The second-order valence-corrected chi connectivity index (χ2v) is 6.12. The quantitative estimate of drug-likeness (QED) is 0.826. The monoisotopic (exact) mass is 305 g/mol. The Hall–Kier alpha value is -1.43. The van der Waals surface area contributed by atoms with E-state index in [4.69, 9.17) is 4.74 Å². The summed E-state index contributed by atoms with van der Waals surface area (Å²) >= 11 is 0. The molecule has 0 aliphatic carbocycles. The predicted molar refractivity (Wildman–Crippen MR) is 87.8 cm³/mol. The van der Waals surface area contributed by atoms with Crippen LogP contribution in [0.4, 0.5) is 0 Å². The van der Waals surface area contributed by atoms with E-state index in [-0.39, 0.29) is 18.0 Å². The van der Waals surface area contributed by atoms with Crippen molar-refractivity contribution in [3.05, 3.63) is 35.4 Å². The zero-order chi connectivity index (χ0) is 15.9.